The molecule has 0 aliphatic heterocycles. The van der Waals surface area contributed by atoms with Crippen LogP contribution in [0.2, 0.25) is 0 Å². The third-order valence-corrected chi connectivity index (χ3v) is 5.52. The first-order valence-corrected chi connectivity index (χ1v) is 11.0. The second kappa shape index (κ2) is 10.1. The number of hydrogen-bond acceptors (Lipinski definition) is 5. The van der Waals surface area contributed by atoms with Crippen LogP contribution in [0.25, 0.3) is 5.69 Å². The molecule has 1 N–H and O–H groups in total. The quantitative estimate of drug-likeness (QED) is 0.402. The van der Waals surface area contributed by atoms with Crippen molar-refractivity contribution in [1.82, 2.24) is 9.36 Å². The van der Waals surface area contributed by atoms with Crippen molar-refractivity contribution in [3.8, 4) is 17.2 Å². The number of ether oxygens (including phenoxy) is 2. The average Bonchev–Trinajstić information content (AvgIpc) is 3.08. The summed E-state index contributed by atoms with van der Waals surface area (Å²) in [7, 11) is 1.73. The lowest BCUT2D eigenvalue weighted by Gasteiger charge is -2.13. The van der Waals surface area contributed by atoms with Gasteiger partial charge >= 0.3 is 5.97 Å². The fourth-order valence-electron chi connectivity index (χ4n) is 3.50. The Hall–Kier alpha value is -4.59. The molecule has 1 aromatic heterocycles. The lowest BCUT2D eigenvalue weighted by molar-refractivity contribution is -0.123. The topological polar surface area (TPSA) is 91.6 Å². The summed E-state index contributed by atoms with van der Waals surface area (Å²) < 4.78 is 14.2. The summed E-state index contributed by atoms with van der Waals surface area (Å²) in [6.45, 7) is 3.18. The van der Waals surface area contributed by atoms with Gasteiger partial charge in [0.2, 0.25) is 0 Å². The van der Waals surface area contributed by atoms with Crippen molar-refractivity contribution in [1.29, 1.82) is 0 Å². The van der Waals surface area contributed by atoms with Gasteiger partial charge in [-0.2, -0.15) is 0 Å². The van der Waals surface area contributed by atoms with Crippen LogP contribution in [0.3, 0.4) is 0 Å². The summed E-state index contributed by atoms with van der Waals surface area (Å²) in [6.07, 6.45) is -1.12. The highest BCUT2D eigenvalue weighted by molar-refractivity contribution is 5.97. The van der Waals surface area contributed by atoms with Gasteiger partial charge in [-0.05, 0) is 62.4 Å². The number of nitrogens with one attached hydrogen (secondary N) is 1. The monoisotopic (exact) mass is 471 g/mol. The van der Waals surface area contributed by atoms with Crippen LogP contribution in [0.1, 0.15) is 23.0 Å². The molecule has 0 fully saturated rings. The number of aromatic nitrogens is 2. The maximum atomic E-state index is 13.0. The average molecular weight is 472 g/mol. The SMILES string of the molecule is Cc1c(NC(=O)[C@@H](C)OC(=O)c2ccc(Oc3ccccc3)cc2)c(=O)n(-c2ccccc2)n1C. The van der Waals surface area contributed by atoms with E-state index in [1.165, 1.54) is 11.6 Å². The number of hydrogen-bond donors (Lipinski definition) is 1. The Balaban J connectivity index is 1.42. The van der Waals surface area contributed by atoms with Gasteiger partial charge < -0.3 is 14.8 Å². The predicted octanol–water partition coefficient (Wildman–Crippen LogP) is 4.46. The number of nitrogens with zero attached hydrogens (tertiary/aromatic N) is 2. The van der Waals surface area contributed by atoms with E-state index >= 15 is 0 Å². The number of anilines is 1. The van der Waals surface area contributed by atoms with E-state index in [-0.39, 0.29) is 16.8 Å². The summed E-state index contributed by atoms with van der Waals surface area (Å²) in [5.74, 6) is -0.0257. The molecule has 0 radical (unpaired) electrons. The third kappa shape index (κ3) is 5.16. The summed E-state index contributed by atoms with van der Waals surface area (Å²) in [5.41, 5.74) is 1.26. The van der Waals surface area contributed by atoms with Gasteiger partial charge in [0.25, 0.3) is 11.5 Å². The molecule has 1 amide bonds. The van der Waals surface area contributed by atoms with E-state index in [1.807, 2.05) is 48.5 Å². The smallest absolute Gasteiger partial charge is 0.338 e. The van der Waals surface area contributed by atoms with Crippen molar-refractivity contribution in [3.05, 3.63) is 107 Å². The largest absolute Gasteiger partial charge is 0.457 e. The first-order chi connectivity index (χ1) is 16.8. The van der Waals surface area contributed by atoms with Gasteiger partial charge in [0.15, 0.2) is 6.10 Å². The zero-order chi connectivity index (χ0) is 24.9. The van der Waals surface area contributed by atoms with Gasteiger partial charge in [-0.25, -0.2) is 9.48 Å². The third-order valence-electron chi connectivity index (χ3n) is 5.52. The van der Waals surface area contributed by atoms with Crippen molar-refractivity contribution in [3.63, 3.8) is 0 Å². The van der Waals surface area contributed by atoms with Crippen LogP contribution in [0.4, 0.5) is 5.69 Å². The van der Waals surface area contributed by atoms with Crippen LogP contribution in [0, 0.1) is 6.92 Å². The zero-order valence-corrected chi connectivity index (χ0v) is 19.6. The molecule has 8 heteroatoms. The fraction of sp³-hybridized carbons (Fsp3) is 0.148. The van der Waals surface area contributed by atoms with Crippen molar-refractivity contribution in [2.75, 3.05) is 5.32 Å². The molecular weight excluding hydrogens is 446 g/mol. The van der Waals surface area contributed by atoms with E-state index < -0.39 is 18.0 Å². The Morgan fingerprint density at radius 1 is 0.857 bits per heavy atom. The van der Waals surface area contributed by atoms with Crippen LogP contribution in [0.15, 0.2) is 89.7 Å². The van der Waals surface area contributed by atoms with Gasteiger partial charge in [-0.3, -0.25) is 14.3 Å². The Morgan fingerprint density at radius 2 is 1.43 bits per heavy atom. The Labute approximate surface area is 202 Å². The number of amides is 1. The van der Waals surface area contributed by atoms with E-state index in [9.17, 15) is 14.4 Å². The lowest BCUT2D eigenvalue weighted by atomic mass is 10.2. The Bertz CT molecular complexity index is 1390. The highest BCUT2D eigenvalue weighted by atomic mass is 16.5. The molecule has 0 spiro atoms. The molecule has 8 nitrogen and oxygen atoms in total. The molecule has 3 aromatic carbocycles. The van der Waals surface area contributed by atoms with Crippen LogP contribution >= 0.6 is 0 Å². The molecule has 1 heterocycles. The summed E-state index contributed by atoms with van der Waals surface area (Å²) in [5, 5.41) is 2.61. The number of carbonyl (C=O) groups excluding carboxylic acids is 2. The standard InChI is InChI=1S/C27H25N3O5/c1-18-24(26(32)30(29(18)3)21-10-6-4-7-11-21)28-25(31)19(2)34-27(33)20-14-16-23(17-15-20)35-22-12-8-5-9-13-22/h4-17,19H,1-3H3,(H,28,31)/t19-/m1/s1. The van der Waals surface area contributed by atoms with Crippen molar-refractivity contribution in [2.24, 2.45) is 7.05 Å². The van der Waals surface area contributed by atoms with E-state index in [0.717, 1.165) is 0 Å². The van der Waals surface area contributed by atoms with E-state index in [1.54, 1.807) is 55.1 Å². The van der Waals surface area contributed by atoms with E-state index in [2.05, 4.69) is 5.32 Å². The first kappa shape index (κ1) is 23.6. The van der Waals surface area contributed by atoms with Gasteiger partial charge in [0.1, 0.15) is 17.2 Å². The van der Waals surface area contributed by atoms with Crippen molar-refractivity contribution >= 4 is 17.6 Å². The number of carbonyl (C=O) groups is 2. The molecule has 35 heavy (non-hydrogen) atoms. The molecule has 4 rings (SSSR count). The maximum absolute atomic E-state index is 13.0. The van der Waals surface area contributed by atoms with Crippen LogP contribution in [0.5, 0.6) is 11.5 Å². The Kier molecular flexibility index (Phi) is 6.82. The van der Waals surface area contributed by atoms with Gasteiger partial charge in [-0.15, -0.1) is 0 Å². The zero-order valence-electron chi connectivity index (χ0n) is 19.6. The molecule has 1 atom stereocenters. The number of benzene rings is 3. The minimum atomic E-state index is -1.12. The highest BCUT2D eigenvalue weighted by Gasteiger charge is 2.23. The first-order valence-electron chi connectivity index (χ1n) is 11.0. The van der Waals surface area contributed by atoms with Crippen molar-refractivity contribution in [2.45, 2.75) is 20.0 Å². The lowest BCUT2D eigenvalue weighted by Crippen LogP contribution is -2.32. The van der Waals surface area contributed by atoms with Gasteiger partial charge in [-0.1, -0.05) is 36.4 Å². The molecular formula is C27H25N3O5. The molecule has 178 valence electrons. The fourth-order valence-corrected chi connectivity index (χ4v) is 3.50. The molecule has 0 saturated heterocycles. The number of rotatable bonds is 7. The van der Waals surface area contributed by atoms with Gasteiger partial charge in [0, 0.05) is 7.05 Å². The molecule has 4 aromatic rings. The predicted molar refractivity (Wildman–Crippen MR) is 132 cm³/mol. The highest BCUT2D eigenvalue weighted by Crippen LogP contribution is 2.21. The van der Waals surface area contributed by atoms with Crippen LogP contribution < -0.4 is 15.6 Å². The molecule has 0 unspecified atom stereocenters. The molecule has 0 aliphatic carbocycles. The van der Waals surface area contributed by atoms with Crippen molar-refractivity contribution < 1.29 is 19.1 Å². The van der Waals surface area contributed by atoms with E-state index in [0.29, 0.717) is 22.9 Å². The van der Waals surface area contributed by atoms with E-state index in [4.69, 9.17) is 9.47 Å². The summed E-state index contributed by atoms with van der Waals surface area (Å²) in [4.78, 5) is 38.3. The van der Waals surface area contributed by atoms with Crippen LogP contribution in [-0.2, 0) is 16.6 Å². The second-order valence-corrected chi connectivity index (χ2v) is 7.91. The maximum Gasteiger partial charge on any atom is 0.338 e. The number of esters is 1. The minimum absolute atomic E-state index is 0.131. The molecule has 0 bridgehead atoms. The number of para-hydroxylation sites is 2. The molecule has 0 saturated carbocycles. The summed E-state index contributed by atoms with van der Waals surface area (Å²) >= 11 is 0. The van der Waals surface area contributed by atoms with Gasteiger partial charge in [0.05, 0.1) is 16.9 Å². The van der Waals surface area contributed by atoms with Crippen LogP contribution in [-0.4, -0.2) is 27.3 Å². The Morgan fingerprint density at radius 3 is 2.06 bits per heavy atom. The summed E-state index contributed by atoms with van der Waals surface area (Å²) in [6, 6.07) is 24.8. The second-order valence-electron chi connectivity index (χ2n) is 7.91. The normalized spacial score (nSPS) is 11.5. The molecule has 0 aliphatic rings. The minimum Gasteiger partial charge on any atom is -0.457 e.